The van der Waals surface area contributed by atoms with Crippen LogP contribution in [0, 0.1) is 0 Å². The van der Waals surface area contributed by atoms with Crippen molar-refractivity contribution >= 4 is 17.2 Å². The molecule has 1 aliphatic carbocycles. The molecule has 88 valence electrons. The van der Waals surface area contributed by atoms with Crippen molar-refractivity contribution in [3.05, 3.63) is 16.1 Å². The molecule has 2 rings (SSSR count). The number of nitrogens with zero attached hydrogens (tertiary/aromatic N) is 1. The van der Waals surface area contributed by atoms with Crippen molar-refractivity contribution in [2.24, 2.45) is 0 Å². The SMILES string of the molecule is CCC(CO)NC(=O)c1scnc1C1CC1. The second kappa shape index (κ2) is 4.93. The van der Waals surface area contributed by atoms with Crippen molar-refractivity contribution in [3.8, 4) is 0 Å². The average Bonchev–Trinajstić information content (AvgIpc) is 3.03. The van der Waals surface area contributed by atoms with Crippen molar-refractivity contribution in [2.45, 2.75) is 38.1 Å². The molecular formula is C11H16N2O2S. The Balaban J connectivity index is 2.05. The minimum Gasteiger partial charge on any atom is -0.394 e. The van der Waals surface area contributed by atoms with Crippen LogP contribution in [0.1, 0.15) is 47.5 Å². The maximum Gasteiger partial charge on any atom is 0.263 e. The predicted octanol–water partition coefficient (Wildman–Crippen LogP) is 1.52. The Morgan fingerprint density at radius 2 is 2.50 bits per heavy atom. The third-order valence-electron chi connectivity index (χ3n) is 2.81. The van der Waals surface area contributed by atoms with Crippen molar-refractivity contribution in [1.82, 2.24) is 10.3 Å². The summed E-state index contributed by atoms with van der Waals surface area (Å²) in [6, 6.07) is -0.151. The number of aromatic nitrogens is 1. The van der Waals surface area contributed by atoms with E-state index in [0.717, 1.165) is 29.8 Å². The van der Waals surface area contributed by atoms with E-state index >= 15 is 0 Å². The lowest BCUT2D eigenvalue weighted by molar-refractivity contribution is 0.0918. The summed E-state index contributed by atoms with van der Waals surface area (Å²) in [4.78, 5) is 16.9. The van der Waals surface area contributed by atoms with E-state index in [9.17, 15) is 4.79 Å². The fourth-order valence-electron chi connectivity index (χ4n) is 1.60. The van der Waals surface area contributed by atoms with Crippen LogP contribution in [0.2, 0.25) is 0 Å². The lowest BCUT2D eigenvalue weighted by atomic mass is 10.2. The highest BCUT2D eigenvalue weighted by molar-refractivity contribution is 7.11. The van der Waals surface area contributed by atoms with Gasteiger partial charge in [0.2, 0.25) is 0 Å². The zero-order valence-corrected chi connectivity index (χ0v) is 10.1. The van der Waals surface area contributed by atoms with Crippen LogP contribution in [0.3, 0.4) is 0 Å². The van der Waals surface area contributed by atoms with Gasteiger partial charge in [-0.05, 0) is 19.3 Å². The van der Waals surface area contributed by atoms with Gasteiger partial charge in [-0.1, -0.05) is 6.92 Å². The fourth-order valence-corrected chi connectivity index (χ4v) is 2.38. The molecule has 0 saturated heterocycles. The van der Waals surface area contributed by atoms with Gasteiger partial charge in [-0.3, -0.25) is 4.79 Å². The summed E-state index contributed by atoms with van der Waals surface area (Å²) in [7, 11) is 0. The summed E-state index contributed by atoms with van der Waals surface area (Å²) in [5, 5.41) is 11.9. The molecule has 1 aromatic heterocycles. The Bertz CT molecular complexity index is 370. The maximum absolute atomic E-state index is 11.9. The molecule has 1 aromatic rings. The van der Waals surface area contributed by atoms with Crippen molar-refractivity contribution in [2.75, 3.05) is 6.61 Å². The number of nitrogens with one attached hydrogen (secondary N) is 1. The number of carbonyl (C=O) groups is 1. The van der Waals surface area contributed by atoms with Gasteiger partial charge in [-0.25, -0.2) is 4.98 Å². The second-order valence-electron chi connectivity index (χ2n) is 4.10. The van der Waals surface area contributed by atoms with Crippen LogP contribution in [0.5, 0.6) is 0 Å². The molecule has 5 heteroatoms. The second-order valence-corrected chi connectivity index (χ2v) is 4.96. The minimum atomic E-state index is -0.151. The van der Waals surface area contributed by atoms with Gasteiger partial charge in [0.25, 0.3) is 5.91 Å². The zero-order valence-electron chi connectivity index (χ0n) is 9.27. The number of rotatable bonds is 5. The lowest BCUT2D eigenvalue weighted by Gasteiger charge is -2.13. The van der Waals surface area contributed by atoms with E-state index in [1.54, 1.807) is 5.51 Å². The highest BCUT2D eigenvalue weighted by Gasteiger charge is 2.30. The molecule has 0 aliphatic heterocycles. The number of hydrogen-bond donors (Lipinski definition) is 2. The fraction of sp³-hybridized carbons (Fsp3) is 0.636. The third-order valence-corrected chi connectivity index (χ3v) is 3.65. The van der Waals surface area contributed by atoms with Crippen LogP contribution in [0.15, 0.2) is 5.51 Å². The standard InChI is InChI=1S/C11H16N2O2S/c1-2-8(5-14)13-11(15)10-9(7-3-4-7)12-6-16-10/h6-8,14H,2-5H2,1H3,(H,13,15). The summed E-state index contributed by atoms with van der Waals surface area (Å²) in [6.45, 7) is 1.93. The van der Waals surface area contributed by atoms with Crippen molar-refractivity contribution < 1.29 is 9.90 Å². The molecule has 0 bridgehead atoms. The molecule has 1 unspecified atom stereocenters. The molecule has 1 heterocycles. The monoisotopic (exact) mass is 240 g/mol. The number of aliphatic hydroxyl groups excluding tert-OH is 1. The number of carbonyl (C=O) groups excluding carboxylic acids is 1. The zero-order chi connectivity index (χ0) is 11.5. The topological polar surface area (TPSA) is 62.2 Å². The van der Waals surface area contributed by atoms with Gasteiger partial charge in [0.05, 0.1) is 23.9 Å². The van der Waals surface area contributed by atoms with E-state index < -0.39 is 0 Å². The van der Waals surface area contributed by atoms with Crippen LogP contribution < -0.4 is 5.32 Å². The van der Waals surface area contributed by atoms with Crippen molar-refractivity contribution in [3.63, 3.8) is 0 Å². The smallest absolute Gasteiger partial charge is 0.263 e. The van der Waals surface area contributed by atoms with E-state index in [1.807, 2.05) is 6.92 Å². The molecule has 4 nitrogen and oxygen atoms in total. The van der Waals surface area contributed by atoms with Crippen LogP contribution in [0.4, 0.5) is 0 Å². The average molecular weight is 240 g/mol. The summed E-state index contributed by atoms with van der Waals surface area (Å²) in [6.07, 6.45) is 3.02. The van der Waals surface area contributed by atoms with Gasteiger partial charge in [0.15, 0.2) is 0 Å². The molecule has 2 N–H and O–H groups in total. The molecule has 1 atom stereocenters. The normalized spacial score (nSPS) is 17.1. The number of thiazole rings is 1. The van der Waals surface area contributed by atoms with Crippen LogP contribution >= 0.6 is 11.3 Å². The number of hydrogen-bond acceptors (Lipinski definition) is 4. The third kappa shape index (κ3) is 2.41. The van der Waals surface area contributed by atoms with Gasteiger partial charge in [0, 0.05) is 5.92 Å². The molecule has 1 fully saturated rings. The number of aliphatic hydroxyl groups is 1. The first-order valence-electron chi connectivity index (χ1n) is 5.61. The van der Waals surface area contributed by atoms with Crippen LogP contribution in [-0.2, 0) is 0 Å². The number of amides is 1. The quantitative estimate of drug-likeness (QED) is 0.820. The maximum atomic E-state index is 11.9. The molecule has 1 amide bonds. The molecule has 0 aromatic carbocycles. The van der Waals surface area contributed by atoms with E-state index in [0.29, 0.717) is 5.92 Å². The Hall–Kier alpha value is -0.940. The van der Waals surface area contributed by atoms with Gasteiger partial charge in [-0.2, -0.15) is 0 Å². The molecule has 1 saturated carbocycles. The molecule has 0 radical (unpaired) electrons. The first-order valence-corrected chi connectivity index (χ1v) is 6.49. The Morgan fingerprint density at radius 3 is 3.06 bits per heavy atom. The molecular weight excluding hydrogens is 224 g/mol. The van der Waals surface area contributed by atoms with E-state index in [4.69, 9.17) is 5.11 Å². The Labute approximate surface area is 98.7 Å². The van der Waals surface area contributed by atoms with Crippen LogP contribution in [-0.4, -0.2) is 28.6 Å². The van der Waals surface area contributed by atoms with Gasteiger partial charge in [0.1, 0.15) is 4.88 Å². The highest BCUT2D eigenvalue weighted by atomic mass is 32.1. The van der Waals surface area contributed by atoms with Crippen LogP contribution in [0.25, 0.3) is 0 Å². The van der Waals surface area contributed by atoms with Gasteiger partial charge >= 0.3 is 0 Å². The molecule has 1 aliphatic rings. The largest absolute Gasteiger partial charge is 0.394 e. The highest BCUT2D eigenvalue weighted by Crippen LogP contribution is 2.41. The summed E-state index contributed by atoms with van der Waals surface area (Å²) < 4.78 is 0. The van der Waals surface area contributed by atoms with Gasteiger partial charge in [-0.15, -0.1) is 11.3 Å². The molecule has 0 spiro atoms. The summed E-state index contributed by atoms with van der Waals surface area (Å²) in [5.41, 5.74) is 2.66. The van der Waals surface area contributed by atoms with E-state index in [1.165, 1.54) is 11.3 Å². The first-order chi connectivity index (χ1) is 7.76. The van der Waals surface area contributed by atoms with Gasteiger partial charge < -0.3 is 10.4 Å². The first kappa shape index (κ1) is 11.5. The van der Waals surface area contributed by atoms with E-state index in [-0.39, 0.29) is 18.6 Å². The molecule has 16 heavy (non-hydrogen) atoms. The predicted molar refractivity (Wildman–Crippen MR) is 62.7 cm³/mol. The minimum absolute atomic E-state index is 0.0141. The Morgan fingerprint density at radius 1 is 1.75 bits per heavy atom. The lowest BCUT2D eigenvalue weighted by Crippen LogP contribution is -2.36. The van der Waals surface area contributed by atoms with Crippen molar-refractivity contribution in [1.29, 1.82) is 0 Å². The summed E-state index contributed by atoms with van der Waals surface area (Å²) >= 11 is 1.38. The summed E-state index contributed by atoms with van der Waals surface area (Å²) in [5.74, 6) is 0.395. The Kier molecular flexibility index (Phi) is 3.56. The van der Waals surface area contributed by atoms with E-state index in [2.05, 4.69) is 10.3 Å².